The molecule has 1 atom stereocenters. The van der Waals surface area contributed by atoms with Crippen molar-refractivity contribution >= 4 is 0 Å². The Balaban J connectivity index is 2.03. The predicted octanol–water partition coefficient (Wildman–Crippen LogP) is 2.45. The summed E-state index contributed by atoms with van der Waals surface area (Å²) in [5.74, 6) is 1.72. The Labute approximate surface area is 122 Å². The molecule has 0 saturated carbocycles. The lowest BCUT2D eigenvalue weighted by molar-refractivity contribution is 0.226. The van der Waals surface area contributed by atoms with E-state index in [0.717, 1.165) is 11.5 Å². The number of ether oxygens (including phenoxy) is 2. The lowest BCUT2D eigenvalue weighted by Crippen LogP contribution is -2.41. The van der Waals surface area contributed by atoms with Gasteiger partial charge in [0.15, 0.2) is 0 Å². The number of nitrogens with zero attached hydrogens (tertiary/aromatic N) is 1. The molecule has 1 aliphatic heterocycles. The van der Waals surface area contributed by atoms with E-state index >= 15 is 0 Å². The Bertz CT molecular complexity index is 428. The molecule has 20 heavy (non-hydrogen) atoms. The SMILES string of the molecule is COc1ccc(C(C)NC2CCN(C)CC2)c(OC)c1. The molecule has 0 spiro atoms. The average molecular weight is 278 g/mol. The summed E-state index contributed by atoms with van der Waals surface area (Å²) >= 11 is 0. The van der Waals surface area contributed by atoms with Gasteiger partial charge < -0.3 is 19.7 Å². The third kappa shape index (κ3) is 3.64. The highest BCUT2D eigenvalue weighted by atomic mass is 16.5. The highest BCUT2D eigenvalue weighted by Crippen LogP contribution is 2.30. The predicted molar refractivity (Wildman–Crippen MR) is 81.6 cm³/mol. The maximum atomic E-state index is 5.49. The quantitative estimate of drug-likeness (QED) is 0.897. The zero-order chi connectivity index (χ0) is 14.5. The van der Waals surface area contributed by atoms with Crippen LogP contribution in [0.4, 0.5) is 0 Å². The highest BCUT2D eigenvalue weighted by molar-refractivity contribution is 5.42. The number of nitrogens with one attached hydrogen (secondary N) is 1. The van der Waals surface area contributed by atoms with Crippen LogP contribution < -0.4 is 14.8 Å². The van der Waals surface area contributed by atoms with Crippen molar-refractivity contribution in [3.05, 3.63) is 23.8 Å². The van der Waals surface area contributed by atoms with Crippen molar-refractivity contribution in [3.8, 4) is 11.5 Å². The lowest BCUT2D eigenvalue weighted by atomic mass is 10.0. The molecule has 1 N–H and O–H groups in total. The summed E-state index contributed by atoms with van der Waals surface area (Å²) in [6.07, 6.45) is 2.42. The molecule has 1 aromatic rings. The Morgan fingerprint density at radius 2 is 1.90 bits per heavy atom. The smallest absolute Gasteiger partial charge is 0.127 e. The van der Waals surface area contributed by atoms with Crippen LogP contribution in [0, 0.1) is 0 Å². The molecule has 1 saturated heterocycles. The lowest BCUT2D eigenvalue weighted by Gasteiger charge is -2.32. The zero-order valence-electron chi connectivity index (χ0n) is 13.0. The molecule has 0 radical (unpaired) electrons. The van der Waals surface area contributed by atoms with E-state index in [9.17, 15) is 0 Å². The molecular weight excluding hydrogens is 252 g/mol. The normalized spacial score (nSPS) is 18.8. The van der Waals surface area contributed by atoms with Crippen LogP contribution in [0.1, 0.15) is 31.4 Å². The topological polar surface area (TPSA) is 33.7 Å². The van der Waals surface area contributed by atoms with E-state index in [1.807, 2.05) is 12.1 Å². The van der Waals surface area contributed by atoms with Gasteiger partial charge in [-0.1, -0.05) is 6.07 Å². The maximum Gasteiger partial charge on any atom is 0.127 e. The number of piperidine rings is 1. The minimum atomic E-state index is 0.282. The second-order valence-corrected chi connectivity index (χ2v) is 5.57. The fraction of sp³-hybridized carbons (Fsp3) is 0.625. The van der Waals surface area contributed by atoms with Gasteiger partial charge in [-0.3, -0.25) is 0 Å². The largest absolute Gasteiger partial charge is 0.497 e. The van der Waals surface area contributed by atoms with E-state index in [-0.39, 0.29) is 6.04 Å². The van der Waals surface area contributed by atoms with Gasteiger partial charge >= 0.3 is 0 Å². The van der Waals surface area contributed by atoms with Gasteiger partial charge in [0.25, 0.3) is 0 Å². The minimum Gasteiger partial charge on any atom is -0.497 e. The molecule has 0 aromatic heterocycles. The van der Waals surface area contributed by atoms with E-state index in [1.165, 1.54) is 31.5 Å². The Morgan fingerprint density at radius 1 is 1.20 bits per heavy atom. The molecule has 1 fully saturated rings. The number of methoxy groups -OCH3 is 2. The average Bonchev–Trinajstić information content (AvgIpc) is 2.48. The molecular formula is C16H26N2O2. The van der Waals surface area contributed by atoms with Gasteiger partial charge in [0.05, 0.1) is 14.2 Å². The molecule has 112 valence electrons. The van der Waals surface area contributed by atoms with E-state index < -0.39 is 0 Å². The summed E-state index contributed by atoms with van der Waals surface area (Å²) in [5.41, 5.74) is 1.19. The second-order valence-electron chi connectivity index (χ2n) is 5.57. The van der Waals surface area contributed by atoms with Gasteiger partial charge in [-0.15, -0.1) is 0 Å². The maximum absolute atomic E-state index is 5.49. The van der Waals surface area contributed by atoms with E-state index in [4.69, 9.17) is 9.47 Å². The molecule has 1 heterocycles. The van der Waals surface area contributed by atoms with Gasteiger partial charge in [-0.25, -0.2) is 0 Å². The molecule has 0 bridgehead atoms. The number of benzene rings is 1. The van der Waals surface area contributed by atoms with Crippen molar-refractivity contribution in [2.45, 2.75) is 31.8 Å². The van der Waals surface area contributed by atoms with Crippen molar-refractivity contribution in [2.24, 2.45) is 0 Å². The Morgan fingerprint density at radius 3 is 2.50 bits per heavy atom. The summed E-state index contributed by atoms with van der Waals surface area (Å²) in [7, 11) is 5.57. The third-order valence-electron chi connectivity index (χ3n) is 4.11. The van der Waals surface area contributed by atoms with E-state index in [0.29, 0.717) is 6.04 Å². The molecule has 0 amide bonds. The van der Waals surface area contributed by atoms with E-state index in [2.05, 4.69) is 30.3 Å². The van der Waals surface area contributed by atoms with Gasteiger partial charge in [0.2, 0.25) is 0 Å². The number of hydrogen-bond donors (Lipinski definition) is 1. The van der Waals surface area contributed by atoms with E-state index in [1.54, 1.807) is 14.2 Å². The van der Waals surface area contributed by atoms with Gasteiger partial charge in [0, 0.05) is 23.7 Å². The van der Waals surface area contributed by atoms with Crippen LogP contribution in [-0.2, 0) is 0 Å². The van der Waals surface area contributed by atoms with Crippen molar-refractivity contribution in [1.29, 1.82) is 0 Å². The zero-order valence-corrected chi connectivity index (χ0v) is 13.0. The number of likely N-dealkylation sites (tertiary alicyclic amines) is 1. The van der Waals surface area contributed by atoms with Gasteiger partial charge in [-0.05, 0) is 46.0 Å². The van der Waals surface area contributed by atoms with Crippen LogP contribution in [-0.4, -0.2) is 45.3 Å². The summed E-state index contributed by atoms with van der Waals surface area (Å²) in [5, 5.41) is 3.72. The first kappa shape index (κ1) is 15.1. The first-order chi connectivity index (χ1) is 9.63. The van der Waals surface area contributed by atoms with Crippen molar-refractivity contribution < 1.29 is 9.47 Å². The molecule has 0 aliphatic carbocycles. The Kier molecular flexibility index (Phi) is 5.26. The summed E-state index contributed by atoms with van der Waals surface area (Å²) in [4.78, 5) is 2.39. The van der Waals surface area contributed by atoms with Crippen molar-refractivity contribution in [1.82, 2.24) is 10.2 Å². The molecule has 1 unspecified atom stereocenters. The molecule has 2 rings (SSSR count). The van der Waals surface area contributed by atoms with Crippen LogP contribution in [0.5, 0.6) is 11.5 Å². The third-order valence-corrected chi connectivity index (χ3v) is 4.11. The Hall–Kier alpha value is -1.26. The molecule has 1 aliphatic rings. The van der Waals surface area contributed by atoms with Crippen molar-refractivity contribution in [2.75, 3.05) is 34.4 Å². The standard InChI is InChI=1S/C16H26N2O2/c1-12(17-13-7-9-18(2)10-8-13)15-6-5-14(19-3)11-16(15)20-4/h5-6,11-13,17H,7-10H2,1-4H3. The second kappa shape index (κ2) is 6.95. The molecule has 4 nitrogen and oxygen atoms in total. The van der Waals surface area contributed by atoms with Crippen LogP contribution >= 0.6 is 0 Å². The highest BCUT2D eigenvalue weighted by Gasteiger charge is 2.20. The fourth-order valence-corrected chi connectivity index (χ4v) is 2.79. The fourth-order valence-electron chi connectivity index (χ4n) is 2.79. The van der Waals surface area contributed by atoms with Crippen LogP contribution in [0.25, 0.3) is 0 Å². The first-order valence-electron chi connectivity index (χ1n) is 7.30. The van der Waals surface area contributed by atoms with Gasteiger partial charge in [-0.2, -0.15) is 0 Å². The summed E-state index contributed by atoms with van der Waals surface area (Å²) in [6.45, 7) is 4.54. The minimum absolute atomic E-state index is 0.282. The van der Waals surface area contributed by atoms with Crippen LogP contribution in [0.15, 0.2) is 18.2 Å². The van der Waals surface area contributed by atoms with Gasteiger partial charge in [0.1, 0.15) is 11.5 Å². The monoisotopic (exact) mass is 278 g/mol. The summed E-state index contributed by atoms with van der Waals surface area (Å²) < 4.78 is 10.7. The number of rotatable bonds is 5. The van der Waals surface area contributed by atoms with Crippen LogP contribution in [0.3, 0.4) is 0 Å². The molecule has 4 heteroatoms. The van der Waals surface area contributed by atoms with Crippen molar-refractivity contribution in [3.63, 3.8) is 0 Å². The number of hydrogen-bond acceptors (Lipinski definition) is 4. The summed E-state index contributed by atoms with van der Waals surface area (Å²) in [6, 6.07) is 6.90. The van der Waals surface area contributed by atoms with Crippen LogP contribution in [0.2, 0.25) is 0 Å². The molecule has 1 aromatic carbocycles. The first-order valence-corrected chi connectivity index (χ1v) is 7.30.